The van der Waals surface area contributed by atoms with Gasteiger partial charge in [-0.2, -0.15) is 5.26 Å². The minimum Gasteiger partial charge on any atom is -0.280 e. The number of nitriles is 1. The largest absolute Gasteiger partial charge is 0.280 e. The molecule has 0 amide bonds. The molecular weight excluding hydrogens is 318 g/mol. The molecule has 0 spiro atoms. The van der Waals surface area contributed by atoms with Crippen LogP contribution in [0.1, 0.15) is 18.1 Å². The Kier molecular flexibility index (Phi) is 4.62. The van der Waals surface area contributed by atoms with Gasteiger partial charge in [-0.1, -0.05) is 19.1 Å². The van der Waals surface area contributed by atoms with E-state index in [-0.39, 0.29) is 16.3 Å². The number of benzene rings is 2. The summed E-state index contributed by atoms with van der Waals surface area (Å²) in [5, 5.41) is 19.7. The molecule has 0 fully saturated rings. The van der Waals surface area contributed by atoms with Crippen molar-refractivity contribution < 1.29 is 13.3 Å². The first-order valence-electron chi connectivity index (χ1n) is 6.67. The van der Waals surface area contributed by atoms with Crippen LogP contribution in [0.5, 0.6) is 0 Å². The van der Waals surface area contributed by atoms with E-state index in [4.69, 9.17) is 5.26 Å². The highest BCUT2D eigenvalue weighted by Gasteiger charge is 2.21. The molecule has 0 saturated carbocycles. The highest BCUT2D eigenvalue weighted by atomic mass is 32.2. The molecule has 0 aliphatic carbocycles. The van der Waals surface area contributed by atoms with Crippen molar-refractivity contribution in [2.75, 3.05) is 4.72 Å². The third-order valence-corrected chi connectivity index (χ3v) is 4.64. The Hall–Kier alpha value is -2.92. The van der Waals surface area contributed by atoms with E-state index in [1.807, 2.05) is 6.07 Å². The van der Waals surface area contributed by atoms with Crippen LogP contribution in [-0.4, -0.2) is 13.3 Å². The lowest BCUT2D eigenvalue weighted by Crippen LogP contribution is -2.15. The van der Waals surface area contributed by atoms with Gasteiger partial charge in [0, 0.05) is 12.1 Å². The van der Waals surface area contributed by atoms with Gasteiger partial charge in [0.1, 0.15) is 0 Å². The van der Waals surface area contributed by atoms with Crippen LogP contribution in [0.3, 0.4) is 0 Å². The second-order valence-electron chi connectivity index (χ2n) is 4.70. The Morgan fingerprint density at radius 3 is 2.61 bits per heavy atom. The zero-order valence-electron chi connectivity index (χ0n) is 12.2. The monoisotopic (exact) mass is 331 g/mol. The highest BCUT2D eigenvalue weighted by Crippen LogP contribution is 2.25. The van der Waals surface area contributed by atoms with Gasteiger partial charge in [-0.25, -0.2) is 8.42 Å². The molecule has 0 bridgehead atoms. The van der Waals surface area contributed by atoms with Crippen molar-refractivity contribution >= 4 is 21.4 Å². The fourth-order valence-corrected chi connectivity index (χ4v) is 3.44. The molecule has 0 aromatic heterocycles. The summed E-state index contributed by atoms with van der Waals surface area (Å²) in [6.07, 6.45) is 0.409. The third kappa shape index (κ3) is 3.64. The molecule has 118 valence electrons. The molecule has 2 aromatic rings. The molecule has 2 rings (SSSR count). The van der Waals surface area contributed by atoms with Crippen molar-refractivity contribution in [2.24, 2.45) is 0 Å². The average molecular weight is 331 g/mol. The lowest BCUT2D eigenvalue weighted by Gasteiger charge is -2.11. The van der Waals surface area contributed by atoms with Crippen LogP contribution < -0.4 is 4.72 Å². The summed E-state index contributed by atoms with van der Waals surface area (Å²) in [6, 6.07) is 11.6. The van der Waals surface area contributed by atoms with E-state index in [1.54, 1.807) is 19.1 Å². The number of anilines is 1. The summed E-state index contributed by atoms with van der Waals surface area (Å²) < 4.78 is 27.4. The quantitative estimate of drug-likeness (QED) is 0.668. The topological polar surface area (TPSA) is 113 Å². The van der Waals surface area contributed by atoms with E-state index < -0.39 is 14.9 Å². The van der Waals surface area contributed by atoms with Crippen LogP contribution in [-0.2, 0) is 16.4 Å². The third-order valence-electron chi connectivity index (χ3n) is 3.18. The van der Waals surface area contributed by atoms with Gasteiger partial charge >= 0.3 is 0 Å². The van der Waals surface area contributed by atoms with Crippen LogP contribution in [0.25, 0.3) is 0 Å². The zero-order chi connectivity index (χ0) is 17.0. The van der Waals surface area contributed by atoms with E-state index in [2.05, 4.69) is 4.72 Å². The minimum absolute atomic E-state index is 0.142. The number of nitro groups is 1. The predicted molar refractivity (Wildman–Crippen MR) is 84.4 cm³/mol. The van der Waals surface area contributed by atoms with Gasteiger partial charge in [0.2, 0.25) is 0 Å². The molecule has 7 nitrogen and oxygen atoms in total. The van der Waals surface area contributed by atoms with Gasteiger partial charge in [-0.15, -0.1) is 0 Å². The maximum atomic E-state index is 12.5. The number of hydrogen-bond donors (Lipinski definition) is 1. The van der Waals surface area contributed by atoms with Gasteiger partial charge in [0.15, 0.2) is 0 Å². The second kappa shape index (κ2) is 6.46. The van der Waals surface area contributed by atoms with Gasteiger partial charge < -0.3 is 0 Å². The first-order valence-corrected chi connectivity index (χ1v) is 8.16. The summed E-state index contributed by atoms with van der Waals surface area (Å²) in [6.45, 7) is 1.76. The van der Waals surface area contributed by atoms with E-state index in [9.17, 15) is 18.5 Å². The first kappa shape index (κ1) is 16.5. The smallest absolute Gasteiger partial charge is 0.270 e. The number of sulfonamides is 1. The Balaban J connectivity index is 2.48. The molecule has 0 aliphatic heterocycles. The van der Waals surface area contributed by atoms with Crippen LogP contribution in [0.2, 0.25) is 0 Å². The second-order valence-corrected chi connectivity index (χ2v) is 6.35. The van der Waals surface area contributed by atoms with Crippen molar-refractivity contribution in [1.82, 2.24) is 0 Å². The Morgan fingerprint density at radius 1 is 1.26 bits per heavy atom. The number of nitro benzene ring substituents is 1. The highest BCUT2D eigenvalue weighted by molar-refractivity contribution is 7.92. The number of nitrogens with zero attached hydrogens (tertiary/aromatic N) is 2. The van der Waals surface area contributed by atoms with Crippen molar-refractivity contribution in [3.8, 4) is 6.07 Å². The standard InChI is InChI=1S/C15H13N3O4S/c1-2-12-6-7-14(18(19)20)9-15(12)23(21,22)17-13-5-3-4-11(8-13)10-16/h3-9,17H,2H2,1H3. The summed E-state index contributed by atoms with van der Waals surface area (Å²) in [4.78, 5) is 10.1. The van der Waals surface area contributed by atoms with Gasteiger partial charge in [-0.05, 0) is 30.2 Å². The number of aryl methyl sites for hydroxylation is 1. The number of rotatable bonds is 5. The van der Waals surface area contributed by atoms with Gasteiger partial charge in [0.05, 0.1) is 27.1 Å². The molecule has 0 atom stereocenters. The fraction of sp³-hybridized carbons (Fsp3) is 0.133. The van der Waals surface area contributed by atoms with E-state index in [1.165, 1.54) is 24.3 Å². The van der Waals surface area contributed by atoms with Crippen molar-refractivity contribution in [2.45, 2.75) is 18.2 Å². The lowest BCUT2D eigenvalue weighted by molar-refractivity contribution is -0.385. The number of nitrogens with one attached hydrogen (secondary N) is 1. The summed E-state index contributed by atoms with van der Waals surface area (Å²) in [7, 11) is -4.00. The van der Waals surface area contributed by atoms with Crippen LogP contribution in [0.4, 0.5) is 11.4 Å². The van der Waals surface area contributed by atoms with Crippen LogP contribution in [0.15, 0.2) is 47.4 Å². The van der Waals surface area contributed by atoms with E-state index in [0.717, 1.165) is 6.07 Å². The number of non-ortho nitro benzene ring substituents is 1. The number of hydrogen-bond acceptors (Lipinski definition) is 5. The van der Waals surface area contributed by atoms with Crippen LogP contribution >= 0.6 is 0 Å². The molecule has 8 heteroatoms. The summed E-state index contributed by atoms with van der Waals surface area (Å²) in [5.41, 5.74) is 0.699. The molecule has 0 saturated heterocycles. The van der Waals surface area contributed by atoms with E-state index in [0.29, 0.717) is 17.5 Å². The van der Waals surface area contributed by atoms with E-state index >= 15 is 0 Å². The molecule has 0 unspecified atom stereocenters. The molecule has 0 heterocycles. The van der Waals surface area contributed by atoms with Crippen molar-refractivity contribution in [1.29, 1.82) is 5.26 Å². The summed E-state index contributed by atoms with van der Waals surface area (Å²) in [5.74, 6) is 0. The summed E-state index contributed by atoms with van der Waals surface area (Å²) >= 11 is 0. The first-order chi connectivity index (χ1) is 10.9. The SMILES string of the molecule is CCc1ccc([N+](=O)[O-])cc1S(=O)(=O)Nc1cccc(C#N)c1. The predicted octanol–water partition coefficient (Wildman–Crippen LogP) is 2.83. The maximum Gasteiger partial charge on any atom is 0.270 e. The molecule has 23 heavy (non-hydrogen) atoms. The minimum atomic E-state index is -4.00. The van der Waals surface area contributed by atoms with Gasteiger partial charge in [-0.3, -0.25) is 14.8 Å². The fourth-order valence-electron chi connectivity index (χ4n) is 2.06. The Bertz CT molecular complexity index is 901. The van der Waals surface area contributed by atoms with Crippen molar-refractivity contribution in [3.63, 3.8) is 0 Å². The molecule has 1 N–H and O–H groups in total. The maximum absolute atomic E-state index is 12.5. The zero-order valence-corrected chi connectivity index (χ0v) is 13.0. The molecule has 2 aromatic carbocycles. The Labute approximate surface area is 133 Å². The normalized spacial score (nSPS) is 10.8. The Morgan fingerprint density at radius 2 is 2.00 bits per heavy atom. The average Bonchev–Trinajstić information content (AvgIpc) is 2.53. The molecular formula is C15H13N3O4S. The molecule has 0 aliphatic rings. The van der Waals surface area contributed by atoms with Gasteiger partial charge in [0.25, 0.3) is 15.7 Å². The van der Waals surface area contributed by atoms with Crippen molar-refractivity contribution in [3.05, 3.63) is 63.7 Å². The lowest BCUT2D eigenvalue weighted by atomic mass is 10.1. The van der Waals surface area contributed by atoms with Crippen LogP contribution in [0, 0.1) is 21.4 Å². The molecule has 0 radical (unpaired) electrons.